The van der Waals surface area contributed by atoms with Gasteiger partial charge in [0.25, 0.3) is 0 Å². The highest BCUT2D eigenvalue weighted by Gasteiger charge is 2.39. The second kappa shape index (κ2) is 15.2. The van der Waals surface area contributed by atoms with E-state index in [1.54, 1.807) is 12.1 Å². The predicted octanol–water partition coefficient (Wildman–Crippen LogP) is 8.99. The maximum Gasteiger partial charge on any atom is 0.121 e. The van der Waals surface area contributed by atoms with Crippen molar-refractivity contribution in [3.63, 3.8) is 0 Å². The van der Waals surface area contributed by atoms with E-state index in [9.17, 15) is 0 Å². The van der Waals surface area contributed by atoms with Crippen LogP contribution in [0, 0.1) is 0 Å². The number of hydrogen-bond acceptors (Lipinski definition) is 8. The molecule has 0 spiro atoms. The topological polar surface area (TPSA) is 208 Å². The van der Waals surface area contributed by atoms with Crippen LogP contribution >= 0.6 is 22.6 Å². The number of fused-ring (bicyclic) bond motifs is 5. The fraction of sp³-hybridized carbons (Fsp3) is 0.0204. The number of rotatable bonds is 8. The molecule has 9 heteroatoms. The summed E-state index contributed by atoms with van der Waals surface area (Å²) in [7, 11) is 0. The zero-order valence-electron chi connectivity index (χ0n) is 31.6. The molecule has 0 amide bonds. The highest BCUT2D eigenvalue weighted by Crippen LogP contribution is 2.52. The molecule has 0 bridgehead atoms. The number of nitrogen functional groups attached to an aromatic ring is 3. The molecule has 58 heavy (non-hydrogen) atoms. The Labute approximate surface area is 351 Å². The molecule has 0 radical (unpaired) electrons. The molecule has 286 valence electrons. The summed E-state index contributed by atoms with van der Waals surface area (Å²) in [6.45, 7) is 0. The van der Waals surface area contributed by atoms with Gasteiger partial charge in [-0.1, -0.05) is 132 Å². The summed E-state index contributed by atoms with van der Waals surface area (Å²) in [5, 5.41) is 2.09. The molecule has 0 saturated carbocycles. The van der Waals surface area contributed by atoms with Crippen LogP contribution in [0.1, 0.15) is 55.6 Å². The number of anilines is 3. The molecule has 1 atom stereocenters. The molecule has 8 rings (SSSR count). The summed E-state index contributed by atoms with van der Waals surface area (Å²) in [4.78, 5) is 0. The molecule has 7 aromatic carbocycles. The van der Waals surface area contributed by atoms with Crippen LogP contribution in [0.3, 0.4) is 0 Å². The zero-order valence-corrected chi connectivity index (χ0v) is 33.7. The standard InChI is InChI=1S/C49H43IN8/c50-49(58)40-20-31(23-41(51)33-14-18-37(45(55)25-33)42(52)21-28-7-3-1-4-8-28)12-16-35(40)36-17-13-32-19-30(11-15-34(32)48(36)49)24-44(54)39-27-46(56)38(26-47(39)57)43(53)22-29-9-5-2-6-10-29/h1-27H,51-58H2/b41-23-,42-21-,43-22-,44-24-. The molecule has 1 aliphatic carbocycles. The third-order valence-electron chi connectivity index (χ3n) is 10.6. The van der Waals surface area contributed by atoms with E-state index in [1.807, 2.05) is 109 Å². The van der Waals surface area contributed by atoms with Gasteiger partial charge in [-0.05, 0) is 110 Å². The lowest BCUT2D eigenvalue weighted by molar-refractivity contribution is 0.869. The van der Waals surface area contributed by atoms with Crippen molar-refractivity contribution >= 4 is 97.5 Å². The van der Waals surface area contributed by atoms with Crippen molar-refractivity contribution in [3.05, 3.63) is 195 Å². The van der Waals surface area contributed by atoms with Gasteiger partial charge in [-0.2, -0.15) is 0 Å². The van der Waals surface area contributed by atoms with Gasteiger partial charge in [-0.15, -0.1) is 0 Å². The van der Waals surface area contributed by atoms with Gasteiger partial charge in [-0.25, -0.2) is 0 Å². The van der Waals surface area contributed by atoms with Gasteiger partial charge in [-0.3, -0.25) is 0 Å². The second-order valence-corrected chi connectivity index (χ2v) is 16.2. The minimum atomic E-state index is -0.795. The fourth-order valence-corrected chi connectivity index (χ4v) is 8.68. The average Bonchev–Trinajstić information content (AvgIpc) is 3.44. The maximum absolute atomic E-state index is 7.23. The number of benzene rings is 7. The first-order chi connectivity index (χ1) is 27.9. The molecular weight excluding hydrogens is 827 g/mol. The lowest BCUT2D eigenvalue weighted by atomic mass is 9.95. The molecule has 16 N–H and O–H groups in total. The average molecular weight is 871 g/mol. The lowest BCUT2D eigenvalue weighted by Crippen LogP contribution is -2.28. The largest absolute Gasteiger partial charge is 0.398 e. The first-order valence-electron chi connectivity index (χ1n) is 18.7. The van der Waals surface area contributed by atoms with Crippen molar-refractivity contribution < 1.29 is 0 Å². The van der Waals surface area contributed by atoms with E-state index >= 15 is 0 Å². The molecule has 0 aromatic heterocycles. The van der Waals surface area contributed by atoms with E-state index in [1.165, 1.54) is 0 Å². The number of alkyl halides is 1. The second-order valence-electron chi connectivity index (χ2n) is 14.5. The molecule has 0 fully saturated rings. The molecule has 0 heterocycles. The highest BCUT2D eigenvalue weighted by molar-refractivity contribution is 14.1. The minimum Gasteiger partial charge on any atom is -0.398 e. The summed E-state index contributed by atoms with van der Waals surface area (Å²) >= 11 is 2.36. The minimum absolute atomic E-state index is 0.478. The third kappa shape index (κ3) is 7.24. The van der Waals surface area contributed by atoms with Gasteiger partial charge < -0.3 is 45.9 Å². The van der Waals surface area contributed by atoms with Gasteiger partial charge in [0.1, 0.15) is 3.55 Å². The SMILES string of the molecule is N/C(=C\c1ccc2c(c1)C(N)(I)c1c-2ccc2cc(/C=C(\N)c3cc(N)c(/C(N)=C/c4ccccc4)cc3N)ccc12)c1ccc(/C(N)=C/c2ccccc2)c(N)c1. The van der Waals surface area contributed by atoms with Crippen LogP contribution in [-0.4, -0.2) is 0 Å². The summed E-state index contributed by atoms with van der Waals surface area (Å²) < 4.78 is -0.795. The van der Waals surface area contributed by atoms with Gasteiger partial charge in [0.15, 0.2) is 0 Å². The number of halogens is 1. The Morgan fingerprint density at radius 1 is 0.448 bits per heavy atom. The Hall–Kier alpha value is -6.95. The maximum atomic E-state index is 7.23. The quantitative estimate of drug-likeness (QED) is 0.0242. The first-order valence-corrected chi connectivity index (χ1v) is 19.7. The van der Waals surface area contributed by atoms with Gasteiger partial charge in [0.05, 0.1) is 0 Å². The van der Waals surface area contributed by atoms with Gasteiger partial charge in [0.2, 0.25) is 0 Å². The van der Waals surface area contributed by atoms with Crippen LogP contribution in [0.15, 0.2) is 140 Å². The van der Waals surface area contributed by atoms with Crippen LogP contribution < -0.4 is 45.9 Å². The monoisotopic (exact) mass is 870 g/mol. The van der Waals surface area contributed by atoms with E-state index in [2.05, 4.69) is 65.1 Å². The van der Waals surface area contributed by atoms with Crippen LogP contribution in [-0.2, 0) is 3.55 Å². The molecule has 8 nitrogen and oxygen atoms in total. The summed E-state index contributed by atoms with van der Waals surface area (Å²) in [6, 6.07) is 45.7. The zero-order chi connectivity index (χ0) is 40.7. The molecule has 1 aliphatic rings. The van der Waals surface area contributed by atoms with Crippen molar-refractivity contribution in [1.29, 1.82) is 0 Å². The molecule has 0 aliphatic heterocycles. The third-order valence-corrected chi connectivity index (χ3v) is 11.7. The fourth-order valence-electron chi connectivity index (χ4n) is 7.65. The van der Waals surface area contributed by atoms with Crippen LogP contribution in [0.5, 0.6) is 0 Å². The summed E-state index contributed by atoms with van der Waals surface area (Å²) in [6.07, 6.45) is 7.62. The van der Waals surface area contributed by atoms with E-state index in [-0.39, 0.29) is 0 Å². The predicted molar refractivity (Wildman–Crippen MR) is 256 cm³/mol. The van der Waals surface area contributed by atoms with E-state index in [0.717, 1.165) is 66.4 Å². The van der Waals surface area contributed by atoms with Crippen molar-refractivity contribution in [3.8, 4) is 11.1 Å². The van der Waals surface area contributed by atoms with Crippen molar-refractivity contribution in [2.24, 2.45) is 28.7 Å². The van der Waals surface area contributed by atoms with Crippen LogP contribution in [0.4, 0.5) is 17.1 Å². The lowest BCUT2D eigenvalue weighted by Gasteiger charge is -2.21. The summed E-state index contributed by atoms with van der Waals surface area (Å²) in [5.74, 6) is 0. The van der Waals surface area contributed by atoms with Crippen LogP contribution in [0.25, 0.3) is 69.0 Å². The number of hydrogen-bond donors (Lipinski definition) is 8. The van der Waals surface area contributed by atoms with Gasteiger partial charge >= 0.3 is 0 Å². The molecule has 7 aromatic rings. The Morgan fingerprint density at radius 3 is 1.55 bits per heavy atom. The molecule has 0 saturated heterocycles. The Balaban J connectivity index is 1.05. The van der Waals surface area contributed by atoms with Crippen molar-refractivity contribution in [2.75, 3.05) is 17.2 Å². The van der Waals surface area contributed by atoms with Gasteiger partial charge in [0, 0.05) is 62.1 Å². The van der Waals surface area contributed by atoms with E-state index in [0.29, 0.717) is 51.0 Å². The molecule has 1 unspecified atom stereocenters. The Bertz CT molecular complexity index is 2870. The van der Waals surface area contributed by atoms with Crippen molar-refractivity contribution in [2.45, 2.75) is 3.55 Å². The Morgan fingerprint density at radius 2 is 0.948 bits per heavy atom. The number of nitrogens with two attached hydrogens (primary N) is 8. The van der Waals surface area contributed by atoms with E-state index < -0.39 is 3.55 Å². The Kier molecular flexibility index (Phi) is 9.94. The first kappa shape index (κ1) is 37.9. The highest BCUT2D eigenvalue weighted by atomic mass is 127. The molecular formula is C49H43IN8. The van der Waals surface area contributed by atoms with Crippen LogP contribution in [0.2, 0.25) is 0 Å². The summed E-state index contributed by atoms with van der Waals surface area (Å²) in [5.41, 5.74) is 67.4. The van der Waals surface area contributed by atoms with Crippen molar-refractivity contribution in [1.82, 2.24) is 0 Å². The normalized spacial score (nSPS) is 15.7. The smallest absolute Gasteiger partial charge is 0.121 e. The van der Waals surface area contributed by atoms with E-state index in [4.69, 9.17) is 45.9 Å².